The fraction of sp³-hybridized carbons (Fsp3) is 0.133. The Morgan fingerprint density at radius 3 is 2.18 bits per heavy atom. The van der Waals surface area contributed by atoms with E-state index in [1.165, 1.54) is 24.3 Å². The maximum absolute atomic E-state index is 12.2. The number of hydrogen-bond acceptors (Lipinski definition) is 3. The highest BCUT2D eigenvalue weighted by Crippen LogP contribution is 2.36. The summed E-state index contributed by atoms with van der Waals surface area (Å²) in [6.45, 7) is 0. The van der Waals surface area contributed by atoms with Gasteiger partial charge in [-0.2, -0.15) is 13.2 Å². The Bertz CT molecular complexity index is 629. The number of nitrogens with zero attached hydrogens (tertiary/aromatic N) is 1. The molecule has 22 heavy (non-hydrogen) atoms. The summed E-state index contributed by atoms with van der Waals surface area (Å²) in [6, 6.07) is 14.4. The number of carbonyl (C=O) groups is 1. The normalized spacial score (nSPS) is 11.1. The third-order valence-electron chi connectivity index (χ3n) is 2.76. The van der Waals surface area contributed by atoms with E-state index in [2.05, 4.69) is 5.43 Å². The molecule has 0 saturated heterocycles. The van der Waals surface area contributed by atoms with Crippen molar-refractivity contribution in [3.05, 3.63) is 60.2 Å². The average molecular weight is 326 g/mol. The van der Waals surface area contributed by atoms with Crippen molar-refractivity contribution in [2.75, 3.05) is 12.1 Å². The number of carbonyl (C=O) groups excluding carboxylic acids is 1. The van der Waals surface area contributed by atoms with Gasteiger partial charge in [-0.3, -0.25) is 15.2 Å². The largest absolute Gasteiger partial charge is 0.446 e. The lowest BCUT2D eigenvalue weighted by molar-refractivity contribution is -0.0328. The Balaban J connectivity index is 2.01. The van der Waals surface area contributed by atoms with Gasteiger partial charge in [0.25, 0.3) is 5.91 Å². The van der Waals surface area contributed by atoms with E-state index < -0.39 is 11.4 Å². The molecule has 0 aromatic heterocycles. The molecule has 0 aliphatic heterocycles. The van der Waals surface area contributed by atoms with Crippen LogP contribution < -0.4 is 10.4 Å². The first-order valence-electron chi connectivity index (χ1n) is 6.31. The summed E-state index contributed by atoms with van der Waals surface area (Å²) in [5.74, 6) is -0.394. The molecule has 1 amide bonds. The fourth-order valence-electron chi connectivity index (χ4n) is 1.74. The summed E-state index contributed by atoms with van der Waals surface area (Å²) < 4.78 is 36.7. The number of anilines is 1. The number of benzene rings is 2. The third-order valence-corrected chi connectivity index (χ3v) is 3.50. The molecule has 2 aromatic carbocycles. The summed E-state index contributed by atoms with van der Waals surface area (Å²) in [6.07, 6.45) is 0. The maximum Gasteiger partial charge on any atom is 0.446 e. The van der Waals surface area contributed by atoms with Gasteiger partial charge in [0, 0.05) is 17.5 Å². The molecule has 2 rings (SSSR count). The summed E-state index contributed by atoms with van der Waals surface area (Å²) in [5, 5.41) is 1.54. The van der Waals surface area contributed by atoms with Crippen LogP contribution in [0.1, 0.15) is 10.4 Å². The van der Waals surface area contributed by atoms with E-state index in [-0.39, 0.29) is 22.2 Å². The third kappa shape index (κ3) is 4.70. The van der Waals surface area contributed by atoms with Crippen LogP contribution in [-0.2, 0) is 0 Å². The zero-order valence-corrected chi connectivity index (χ0v) is 12.4. The first-order chi connectivity index (χ1) is 10.3. The second kappa shape index (κ2) is 6.74. The number of hydrogen-bond donors (Lipinski definition) is 1. The van der Waals surface area contributed by atoms with Gasteiger partial charge in [0.05, 0.1) is 5.69 Å². The second-order valence-electron chi connectivity index (χ2n) is 4.41. The maximum atomic E-state index is 12.2. The van der Waals surface area contributed by atoms with E-state index in [4.69, 9.17) is 0 Å². The van der Waals surface area contributed by atoms with E-state index in [1.54, 1.807) is 12.1 Å². The van der Waals surface area contributed by atoms with Gasteiger partial charge in [0.15, 0.2) is 0 Å². The number of nitrogens with one attached hydrogen (secondary N) is 1. The Kier molecular flexibility index (Phi) is 4.97. The molecule has 0 bridgehead atoms. The van der Waals surface area contributed by atoms with Gasteiger partial charge in [0.2, 0.25) is 0 Å². The van der Waals surface area contributed by atoms with Crippen molar-refractivity contribution < 1.29 is 18.0 Å². The lowest BCUT2D eigenvalue weighted by Gasteiger charge is -2.20. The minimum Gasteiger partial charge on any atom is -0.288 e. The van der Waals surface area contributed by atoms with Crippen molar-refractivity contribution in [3.8, 4) is 0 Å². The lowest BCUT2D eigenvalue weighted by atomic mass is 10.2. The number of para-hydroxylation sites is 1. The molecule has 0 unspecified atom stereocenters. The van der Waals surface area contributed by atoms with Crippen LogP contribution >= 0.6 is 11.8 Å². The van der Waals surface area contributed by atoms with Crippen molar-refractivity contribution in [1.82, 2.24) is 5.43 Å². The zero-order chi connectivity index (χ0) is 16.2. The van der Waals surface area contributed by atoms with Gasteiger partial charge in [-0.05, 0) is 48.2 Å². The molecule has 7 heteroatoms. The Morgan fingerprint density at radius 2 is 1.64 bits per heavy atom. The molecule has 3 nitrogen and oxygen atoms in total. The summed E-state index contributed by atoms with van der Waals surface area (Å²) in [4.78, 5) is 12.1. The van der Waals surface area contributed by atoms with Crippen LogP contribution in [0.5, 0.6) is 0 Å². The molecule has 0 heterocycles. The molecule has 0 saturated carbocycles. The highest BCUT2D eigenvalue weighted by molar-refractivity contribution is 8.00. The van der Waals surface area contributed by atoms with E-state index in [1.807, 2.05) is 30.3 Å². The number of halogens is 3. The van der Waals surface area contributed by atoms with E-state index >= 15 is 0 Å². The molecule has 0 fully saturated rings. The lowest BCUT2D eigenvalue weighted by Crippen LogP contribution is -2.39. The van der Waals surface area contributed by atoms with Crippen molar-refractivity contribution in [2.45, 2.75) is 10.4 Å². The average Bonchev–Trinajstić information content (AvgIpc) is 2.47. The molecule has 0 radical (unpaired) electrons. The first kappa shape index (κ1) is 16.2. The van der Waals surface area contributed by atoms with Gasteiger partial charge in [0.1, 0.15) is 0 Å². The van der Waals surface area contributed by atoms with E-state index in [0.29, 0.717) is 0 Å². The number of hydrazine groups is 1. The van der Waals surface area contributed by atoms with Crippen LogP contribution in [0.3, 0.4) is 0 Å². The van der Waals surface area contributed by atoms with Gasteiger partial charge in [-0.25, -0.2) is 0 Å². The van der Waals surface area contributed by atoms with Crippen LogP contribution in [0.25, 0.3) is 0 Å². The Morgan fingerprint density at radius 1 is 1.05 bits per heavy atom. The highest BCUT2D eigenvalue weighted by atomic mass is 32.2. The molecule has 2 aromatic rings. The second-order valence-corrected chi connectivity index (χ2v) is 5.55. The Labute approximate surface area is 130 Å². The van der Waals surface area contributed by atoms with Crippen LogP contribution in [0, 0.1) is 0 Å². The van der Waals surface area contributed by atoms with Crippen LogP contribution in [-0.4, -0.2) is 18.5 Å². The summed E-state index contributed by atoms with van der Waals surface area (Å²) >= 11 is -0.210. The molecular weight excluding hydrogens is 313 g/mol. The smallest absolute Gasteiger partial charge is 0.288 e. The van der Waals surface area contributed by atoms with Crippen molar-refractivity contribution >= 4 is 23.4 Å². The first-order valence-corrected chi connectivity index (χ1v) is 7.12. The predicted octanol–water partition coefficient (Wildman–Crippen LogP) is 4.08. The SMILES string of the molecule is CN(NC(=O)c1ccc(SC(F)(F)F)cc1)c1ccccc1. The zero-order valence-electron chi connectivity index (χ0n) is 11.6. The molecular formula is C15H13F3N2OS. The quantitative estimate of drug-likeness (QED) is 0.679. The molecule has 0 atom stereocenters. The van der Waals surface area contributed by atoms with Gasteiger partial charge in [-0.15, -0.1) is 0 Å². The van der Waals surface area contributed by atoms with Crippen LogP contribution in [0.15, 0.2) is 59.5 Å². The van der Waals surface area contributed by atoms with Crippen molar-refractivity contribution in [2.24, 2.45) is 0 Å². The Hall–Kier alpha value is -2.15. The molecule has 116 valence electrons. The number of amides is 1. The van der Waals surface area contributed by atoms with E-state index in [9.17, 15) is 18.0 Å². The van der Waals surface area contributed by atoms with E-state index in [0.717, 1.165) is 5.69 Å². The number of rotatable bonds is 4. The summed E-state index contributed by atoms with van der Waals surface area (Å²) in [7, 11) is 1.68. The number of thioether (sulfide) groups is 1. The highest BCUT2D eigenvalue weighted by Gasteiger charge is 2.29. The number of alkyl halides is 3. The topological polar surface area (TPSA) is 32.3 Å². The molecule has 1 N–H and O–H groups in total. The van der Waals surface area contributed by atoms with Gasteiger partial charge in [-0.1, -0.05) is 18.2 Å². The monoisotopic (exact) mass is 326 g/mol. The molecule has 0 aliphatic rings. The summed E-state index contributed by atoms with van der Waals surface area (Å²) in [5.41, 5.74) is -0.612. The van der Waals surface area contributed by atoms with Gasteiger partial charge >= 0.3 is 5.51 Å². The standard InChI is InChI=1S/C15H13F3N2OS/c1-20(12-5-3-2-4-6-12)19-14(21)11-7-9-13(10-8-11)22-15(16,17)18/h2-10H,1H3,(H,19,21). The minimum absolute atomic E-state index is 0.0421. The van der Waals surface area contributed by atoms with Crippen LogP contribution in [0.4, 0.5) is 18.9 Å². The van der Waals surface area contributed by atoms with Crippen LogP contribution in [0.2, 0.25) is 0 Å². The minimum atomic E-state index is -4.34. The fourth-order valence-corrected chi connectivity index (χ4v) is 2.28. The van der Waals surface area contributed by atoms with Crippen molar-refractivity contribution in [3.63, 3.8) is 0 Å². The van der Waals surface area contributed by atoms with Gasteiger partial charge < -0.3 is 0 Å². The molecule has 0 aliphatic carbocycles. The predicted molar refractivity (Wildman–Crippen MR) is 80.7 cm³/mol. The van der Waals surface area contributed by atoms with Crippen molar-refractivity contribution in [1.29, 1.82) is 0 Å². The molecule has 0 spiro atoms.